The normalized spacial score (nSPS) is 25.0. The van der Waals surface area contributed by atoms with Gasteiger partial charge in [-0.3, -0.25) is 24.0 Å². The molecule has 1 heterocycles. The molecule has 3 N–H and O–H groups in total. The van der Waals surface area contributed by atoms with Gasteiger partial charge in [-0.1, -0.05) is 95.3 Å². The molecule has 2 aromatic carbocycles. The fourth-order valence-electron chi connectivity index (χ4n) is 7.58. The van der Waals surface area contributed by atoms with Crippen molar-refractivity contribution < 1.29 is 32.7 Å². The van der Waals surface area contributed by atoms with Gasteiger partial charge in [0, 0.05) is 18.0 Å². The first kappa shape index (κ1) is 40.3. The fraction of sp³-hybridized carbons (Fsp3) is 0.550. The average molecular weight is 767 g/mol. The summed E-state index contributed by atoms with van der Waals surface area (Å²) >= 11 is 1.63. The van der Waals surface area contributed by atoms with E-state index in [2.05, 4.69) is 16.6 Å². The molecule has 3 aliphatic rings. The molecular formula is C40H54N4O7S2. The van der Waals surface area contributed by atoms with Crippen LogP contribution < -0.4 is 10.0 Å². The number of carbonyl (C=O) groups excluding carboxylic acids is 3. The lowest BCUT2D eigenvalue weighted by Crippen LogP contribution is -2.64. The number of rotatable bonds is 12. The summed E-state index contributed by atoms with van der Waals surface area (Å²) in [6.07, 6.45) is 1.52. The van der Waals surface area contributed by atoms with E-state index in [1.54, 1.807) is 53.3 Å². The SMILES string of the molecule is C=C[C@@H]1C[C@]1(NC(=O)[C@@H]1C[C@@](SC(C)C)(c2ccc(-c3ccccc3)cc2)CN1C(=O)[C@@H](N(C(=O)O)C(C)(C)C)C(C)(C)C)C(=O)NS(=O)(=O)C1CC1. The van der Waals surface area contributed by atoms with E-state index in [-0.39, 0.29) is 24.6 Å². The van der Waals surface area contributed by atoms with Crippen molar-refractivity contribution in [1.82, 2.24) is 19.8 Å². The predicted molar refractivity (Wildman–Crippen MR) is 209 cm³/mol. The number of hydrogen-bond donors (Lipinski definition) is 3. The molecule has 0 spiro atoms. The van der Waals surface area contributed by atoms with Crippen LogP contribution in [0.15, 0.2) is 67.3 Å². The summed E-state index contributed by atoms with van der Waals surface area (Å²) in [6, 6.07) is 15.7. The largest absolute Gasteiger partial charge is 0.465 e. The van der Waals surface area contributed by atoms with E-state index in [1.807, 2.05) is 68.4 Å². The van der Waals surface area contributed by atoms with Crippen LogP contribution in [0.3, 0.4) is 0 Å². The van der Waals surface area contributed by atoms with Crippen LogP contribution in [0.5, 0.6) is 0 Å². The van der Waals surface area contributed by atoms with Crippen LogP contribution in [0.2, 0.25) is 0 Å². The summed E-state index contributed by atoms with van der Waals surface area (Å²) in [5, 5.41) is 12.8. The molecule has 2 aromatic rings. The lowest BCUT2D eigenvalue weighted by atomic mass is 9.82. The minimum atomic E-state index is -3.91. The Bertz CT molecular complexity index is 1850. The van der Waals surface area contributed by atoms with Crippen LogP contribution in [0.25, 0.3) is 11.1 Å². The quantitative estimate of drug-likeness (QED) is 0.218. The number of carboxylic acid groups (broad SMARTS) is 1. The topological polar surface area (TPSA) is 153 Å². The van der Waals surface area contributed by atoms with Crippen LogP contribution >= 0.6 is 11.8 Å². The van der Waals surface area contributed by atoms with Gasteiger partial charge in [-0.2, -0.15) is 0 Å². The highest BCUT2D eigenvalue weighted by Gasteiger charge is 2.63. The number of carbonyl (C=O) groups is 4. The zero-order valence-corrected chi connectivity index (χ0v) is 33.6. The van der Waals surface area contributed by atoms with Crippen LogP contribution in [-0.2, 0) is 29.2 Å². The number of thioether (sulfide) groups is 1. The number of likely N-dealkylation sites (tertiary alicyclic amines) is 1. The maximum atomic E-state index is 15.1. The summed E-state index contributed by atoms with van der Waals surface area (Å²) in [4.78, 5) is 59.0. The molecule has 1 saturated heterocycles. The first-order valence-electron chi connectivity index (χ1n) is 18.2. The van der Waals surface area contributed by atoms with E-state index in [4.69, 9.17) is 0 Å². The minimum absolute atomic E-state index is 0.0735. The Morgan fingerprint density at radius 2 is 1.55 bits per heavy atom. The molecule has 3 fully saturated rings. The number of nitrogens with zero attached hydrogens (tertiary/aromatic N) is 2. The molecule has 1 aliphatic heterocycles. The summed E-state index contributed by atoms with van der Waals surface area (Å²) in [6.45, 7) is 18.6. The molecular weight excluding hydrogens is 713 g/mol. The van der Waals surface area contributed by atoms with Gasteiger partial charge < -0.3 is 15.3 Å². The Labute approximate surface area is 318 Å². The molecule has 0 unspecified atom stereocenters. The maximum Gasteiger partial charge on any atom is 0.408 e. The maximum absolute atomic E-state index is 15.1. The van der Waals surface area contributed by atoms with Gasteiger partial charge >= 0.3 is 6.09 Å². The predicted octanol–water partition coefficient (Wildman–Crippen LogP) is 6.15. The third-order valence-corrected chi connectivity index (χ3v) is 13.7. The van der Waals surface area contributed by atoms with Gasteiger partial charge in [-0.25, -0.2) is 13.2 Å². The molecule has 0 bridgehead atoms. The van der Waals surface area contributed by atoms with E-state index in [0.29, 0.717) is 12.8 Å². The number of sulfonamides is 1. The lowest BCUT2D eigenvalue weighted by Gasteiger charge is -2.46. The molecule has 0 aromatic heterocycles. The zero-order valence-electron chi connectivity index (χ0n) is 32.0. The van der Waals surface area contributed by atoms with Crippen molar-refractivity contribution in [2.24, 2.45) is 11.3 Å². The molecule has 5 rings (SSSR count). The van der Waals surface area contributed by atoms with Crippen molar-refractivity contribution in [3.63, 3.8) is 0 Å². The van der Waals surface area contributed by atoms with E-state index in [0.717, 1.165) is 16.7 Å². The summed E-state index contributed by atoms with van der Waals surface area (Å²) < 4.78 is 27.0. The fourth-order valence-corrected chi connectivity index (χ4v) is 10.6. The highest BCUT2D eigenvalue weighted by atomic mass is 32.2. The molecule has 0 radical (unpaired) electrons. The minimum Gasteiger partial charge on any atom is -0.465 e. The van der Waals surface area contributed by atoms with Crippen molar-refractivity contribution in [3.8, 4) is 11.1 Å². The van der Waals surface area contributed by atoms with Gasteiger partial charge in [-0.05, 0) is 73.8 Å². The Morgan fingerprint density at radius 3 is 2.02 bits per heavy atom. The molecule has 2 aliphatic carbocycles. The van der Waals surface area contributed by atoms with Gasteiger partial charge in [0.05, 0.1) is 10.00 Å². The van der Waals surface area contributed by atoms with Gasteiger partial charge in [0.1, 0.15) is 17.6 Å². The average Bonchev–Trinajstić information content (AvgIpc) is 3.99. The van der Waals surface area contributed by atoms with Crippen LogP contribution in [0, 0.1) is 11.3 Å². The Balaban J connectivity index is 1.59. The van der Waals surface area contributed by atoms with Crippen molar-refractivity contribution in [3.05, 3.63) is 72.8 Å². The van der Waals surface area contributed by atoms with Gasteiger partial charge in [0.15, 0.2) is 0 Å². The monoisotopic (exact) mass is 766 g/mol. The molecule has 288 valence electrons. The molecule has 53 heavy (non-hydrogen) atoms. The third kappa shape index (κ3) is 8.30. The molecule has 13 heteroatoms. The molecule has 11 nitrogen and oxygen atoms in total. The summed E-state index contributed by atoms with van der Waals surface area (Å²) in [5.74, 6) is -2.47. The second kappa shape index (κ2) is 14.4. The zero-order chi connectivity index (χ0) is 39.3. The Morgan fingerprint density at radius 1 is 0.962 bits per heavy atom. The van der Waals surface area contributed by atoms with Crippen molar-refractivity contribution >= 4 is 45.6 Å². The standard InChI is InChI=1S/C40H54N4O7S2/c1-10-28-22-40(28,35(47)42-53(50,51)30-20-21-30)41-33(45)31-23-39(52-25(2)3,29-18-16-27(17-19-29)26-14-12-11-13-15-26)24-43(31)34(46)32(37(4,5)6)44(36(48)49)38(7,8)9/h10-19,25,28,30-32H,1,20-24H2,2-9H3,(H,41,45)(H,42,47)(H,48,49)/t28-,31+,32-,39+,40-/m1/s1. The lowest BCUT2D eigenvalue weighted by molar-refractivity contribution is -0.147. The van der Waals surface area contributed by atoms with Crippen LogP contribution in [0.4, 0.5) is 4.79 Å². The van der Waals surface area contributed by atoms with Gasteiger partial charge in [0.25, 0.3) is 5.91 Å². The second-order valence-electron chi connectivity index (χ2n) is 17.1. The Hall–Kier alpha value is -3.84. The summed E-state index contributed by atoms with van der Waals surface area (Å²) in [5.41, 5.74) is -0.435. The van der Waals surface area contributed by atoms with E-state index < -0.39 is 78.3 Å². The first-order valence-corrected chi connectivity index (χ1v) is 20.7. The number of hydrogen-bond acceptors (Lipinski definition) is 7. The third-order valence-electron chi connectivity index (χ3n) is 10.4. The summed E-state index contributed by atoms with van der Waals surface area (Å²) in [7, 11) is -3.91. The van der Waals surface area contributed by atoms with Crippen molar-refractivity contribution in [2.75, 3.05) is 6.54 Å². The van der Waals surface area contributed by atoms with Gasteiger partial charge in [-0.15, -0.1) is 18.3 Å². The van der Waals surface area contributed by atoms with Crippen molar-refractivity contribution in [1.29, 1.82) is 0 Å². The van der Waals surface area contributed by atoms with E-state index >= 15 is 4.79 Å². The molecule has 4 amide bonds. The highest BCUT2D eigenvalue weighted by Crippen LogP contribution is 2.51. The van der Waals surface area contributed by atoms with Crippen LogP contribution in [0.1, 0.15) is 86.6 Å². The van der Waals surface area contributed by atoms with E-state index in [9.17, 15) is 27.9 Å². The molecule has 5 atom stereocenters. The van der Waals surface area contributed by atoms with Crippen LogP contribution in [-0.4, -0.2) is 87.3 Å². The number of nitrogens with one attached hydrogen (secondary N) is 2. The smallest absolute Gasteiger partial charge is 0.408 e. The second-order valence-corrected chi connectivity index (χ2v) is 21.0. The Kier molecular flexibility index (Phi) is 11.0. The number of benzene rings is 2. The van der Waals surface area contributed by atoms with Crippen molar-refractivity contribution in [2.45, 2.75) is 119 Å². The number of amides is 4. The highest BCUT2D eigenvalue weighted by molar-refractivity contribution is 8.00. The first-order chi connectivity index (χ1) is 24.6. The van der Waals surface area contributed by atoms with Gasteiger partial charge in [0.2, 0.25) is 21.8 Å². The molecule has 2 saturated carbocycles. The van der Waals surface area contributed by atoms with E-state index in [1.165, 1.54) is 15.9 Å².